The SMILES string of the molecule is CCOc1ccc2cc1CN1C(=O)CC(CCCCc3ccc4c(c3)C(CCO4)NC2=O)N=C1N. The Kier molecular flexibility index (Phi) is 6.61. The molecule has 6 bridgehead atoms. The lowest BCUT2D eigenvalue weighted by Gasteiger charge is -2.30. The number of guanidine groups is 1. The van der Waals surface area contributed by atoms with Crippen LogP contribution in [0.5, 0.6) is 11.5 Å². The minimum absolute atomic E-state index is 0.0524. The predicted molar refractivity (Wildman–Crippen MR) is 133 cm³/mol. The lowest BCUT2D eigenvalue weighted by molar-refractivity contribution is -0.128. The third-order valence-corrected chi connectivity index (χ3v) is 6.93. The molecular weight excluding hydrogens is 444 g/mol. The highest BCUT2D eigenvalue weighted by Crippen LogP contribution is 2.34. The topological polar surface area (TPSA) is 106 Å². The van der Waals surface area contributed by atoms with Gasteiger partial charge in [-0.25, -0.2) is 4.99 Å². The molecule has 2 atom stereocenters. The summed E-state index contributed by atoms with van der Waals surface area (Å²) in [6, 6.07) is 11.4. The van der Waals surface area contributed by atoms with Gasteiger partial charge in [-0.15, -0.1) is 0 Å². The van der Waals surface area contributed by atoms with Gasteiger partial charge in [0, 0.05) is 29.5 Å². The molecule has 4 heterocycles. The van der Waals surface area contributed by atoms with Crippen LogP contribution < -0.4 is 20.5 Å². The first-order chi connectivity index (χ1) is 17.0. The molecule has 6 rings (SSSR count). The summed E-state index contributed by atoms with van der Waals surface area (Å²) in [5.74, 6) is 1.46. The van der Waals surface area contributed by atoms with Gasteiger partial charge in [0.15, 0.2) is 5.96 Å². The number of rotatable bonds is 2. The number of carbonyl (C=O) groups excluding carboxylic acids is 2. The van der Waals surface area contributed by atoms with Crippen LogP contribution in [-0.2, 0) is 17.8 Å². The number of hydrogen-bond donors (Lipinski definition) is 2. The average Bonchev–Trinajstić information content (AvgIpc) is 2.85. The van der Waals surface area contributed by atoms with Crippen molar-refractivity contribution in [2.45, 2.75) is 64.1 Å². The summed E-state index contributed by atoms with van der Waals surface area (Å²) in [6.45, 7) is 3.14. The van der Waals surface area contributed by atoms with Gasteiger partial charge in [0.1, 0.15) is 11.5 Å². The Labute approximate surface area is 205 Å². The van der Waals surface area contributed by atoms with Crippen LogP contribution in [0.3, 0.4) is 0 Å². The van der Waals surface area contributed by atoms with E-state index in [1.165, 1.54) is 10.5 Å². The van der Waals surface area contributed by atoms with Crippen LogP contribution in [0.25, 0.3) is 0 Å². The van der Waals surface area contributed by atoms with Gasteiger partial charge in [0.05, 0.1) is 31.8 Å². The van der Waals surface area contributed by atoms with Gasteiger partial charge in [0.2, 0.25) is 5.91 Å². The van der Waals surface area contributed by atoms with Gasteiger partial charge in [0.25, 0.3) is 5.91 Å². The minimum Gasteiger partial charge on any atom is -0.494 e. The molecular formula is C27H32N4O4. The fraction of sp³-hybridized carbons (Fsp3) is 0.444. The maximum atomic E-state index is 13.3. The van der Waals surface area contributed by atoms with E-state index in [1.807, 2.05) is 13.0 Å². The van der Waals surface area contributed by atoms with Crippen molar-refractivity contribution in [2.75, 3.05) is 13.2 Å². The van der Waals surface area contributed by atoms with Gasteiger partial charge in [-0.3, -0.25) is 14.5 Å². The zero-order chi connectivity index (χ0) is 24.4. The third-order valence-electron chi connectivity index (χ3n) is 6.93. The van der Waals surface area contributed by atoms with Crippen LogP contribution in [0.4, 0.5) is 0 Å². The molecule has 3 N–H and O–H groups in total. The van der Waals surface area contributed by atoms with Crippen molar-refractivity contribution in [1.29, 1.82) is 0 Å². The minimum atomic E-state index is -0.176. The lowest BCUT2D eigenvalue weighted by atomic mass is 9.95. The molecule has 2 aromatic carbocycles. The van der Waals surface area contributed by atoms with Crippen molar-refractivity contribution in [2.24, 2.45) is 10.7 Å². The second-order valence-electron chi connectivity index (χ2n) is 9.36. The fourth-order valence-electron chi connectivity index (χ4n) is 5.09. The number of ether oxygens (including phenoxy) is 2. The van der Waals surface area contributed by atoms with Gasteiger partial charge >= 0.3 is 0 Å². The van der Waals surface area contributed by atoms with E-state index in [0.29, 0.717) is 37.4 Å². The van der Waals surface area contributed by atoms with Crippen molar-refractivity contribution in [1.82, 2.24) is 10.2 Å². The van der Waals surface area contributed by atoms with E-state index in [2.05, 4.69) is 22.4 Å². The standard InChI is InChI=1S/C27H32N4O4/c1-2-34-23-10-8-18-14-19(23)16-31-25(32)15-20(29-27(31)28)6-4-3-5-17-7-9-24-21(13-17)22(11-12-35-24)30-26(18)33/h7-10,13-14,20,22H,2-6,11-12,15-16H2,1H3,(H2,28,29)(H,30,33). The molecule has 0 spiro atoms. The largest absolute Gasteiger partial charge is 0.494 e. The maximum Gasteiger partial charge on any atom is 0.251 e. The van der Waals surface area contributed by atoms with E-state index in [1.54, 1.807) is 18.2 Å². The highest BCUT2D eigenvalue weighted by Gasteiger charge is 2.29. The summed E-state index contributed by atoms with van der Waals surface area (Å²) in [5, 5.41) is 3.19. The Morgan fingerprint density at radius 2 is 2.06 bits per heavy atom. The average molecular weight is 477 g/mol. The molecule has 4 aliphatic rings. The van der Waals surface area contributed by atoms with Gasteiger partial charge in [-0.05, 0) is 56.0 Å². The number of aryl methyl sites for hydroxylation is 1. The number of nitrogens with one attached hydrogen (secondary N) is 1. The number of hydrogen-bond acceptors (Lipinski definition) is 6. The van der Waals surface area contributed by atoms with Crippen molar-refractivity contribution in [3.8, 4) is 11.5 Å². The summed E-state index contributed by atoms with van der Waals surface area (Å²) >= 11 is 0. The molecule has 35 heavy (non-hydrogen) atoms. The van der Waals surface area contributed by atoms with Gasteiger partial charge in [-0.1, -0.05) is 18.6 Å². The molecule has 184 valence electrons. The van der Waals surface area contributed by atoms with Crippen molar-refractivity contribution >= 4 is 17.8 Å². The second kappa shape index (κ2) is 9.98. The van der Waals surface area contributed by atoms with E-state index < -0.39 is 0 Å². The first kappa shape index (κ1) is 23.2. The molecule has 0 saturated heterocycles. The molecule has 0 aromatic heterocycles. The third kappa shape index (κ3) is 4.97. The molecule has 0 radical (unpaired) electrons. The van der Waals surface area contributed by atoms with Crippen molar-refractivity contribution < 1.29 is 19.1 Å². The van der Waals surface area contributed by atoms with Crippen LogP contribution in [-0.4, -0.2) is 41.9 Å². The van der Waals surface area contributed by atoms with E-state index in [9.17, 15) is 9.59 Å². The summed E-state index contributed by atoms with van der Waals surface area (Å²) in [4.78, 5) is 32.4. The number of aliphatic imine (C=N–C) groups is 1. The molecule has 2 unspecified atom stereocenters. The monoisotopic (exact) mass is 476 g/mol. The smallest absolute Gasteiger partial charge is 0.251 e. The predicted octanol–water partition coefficient (Wildman–Crippen LogP) is 3.48. The lowest BCUT2D eigenvalue weighted by Crippen LogP contribution is -2.46. The number of fused-ring (bicyclic) bond motifs is 5. The molecule has 0 saturated carbocycles. The van der Waals surface area contributed by atoms with Crippen LogP contribution >= 0.6 is 0 Å². The van der Waals surface area contributed by atoms with Crippen LogP contribution in [0.15, 0.2) is 41.4 Å². The van der Waals surface area contributed by atoms with E-state index in [4.69, 9.17) is 15.2 Å². The Balaban J connectivity index is 1.52. The first-order valence-electron chi connectivity index (χ1n) is 12.5. The molecule has 4 aliphatic heterocycles. The highest BCUT2D eigenvalue weighted by atomic mass is 16.5. The summed E-state index contributed by atoms with van der Waals surface area (Å²) in [7, 11) is 0. The zero-order valence-electron chi connectivity index (χ0n) is 20.1. The highest BCUT2D eigenvalue weighted by molar-refractivity contribution is 5.98. The second-order valence-corrected chi connectivity index (χ2v) is 9.36. The molecule has 0 fully saturated rings. The first-order valence-corrected chi connectivity index (χ1v) is 12.5. The Morgan fingerprint density at radius 1 is 1.17 bits per heavy atom. The summed E-state index contributed by atoms with van der Waals surface area (Å²) < 4.78 is 11.7. The quantitative estimate of drug-likeness (QED) is 0.690. The van der Waals surface area contributed by atoms with E-state index in [-0.39, 0.29) is 36.4 Å². The van der Waals surface area contributed by atoms with Crippen LogP contribution in [0.2, 0.25) is 0 Å². The Morgan fingerprint density at radius 3 is 2.89 bits per heavy atom. The summed E-state index contributed by atoms with van der Waals surface area (Å²) in [6.07, 6.45) is 4.74. The number of carbonyl (C=O) groups is 2. The number of nitrogens with two attached hydrogens (primary N) is 1. The molecule has 2 amide bonds. The summed E-state index contributed by atoms with van der Waals surface area (Å²) in [5.41, 5.74) is 9.71. The van der Waals surface area contributed by atoms with Gasteiger partial charge in [-0.2, -0.15) is 0 Å². The van der Waals surface area contributed by atoms with E-state index >= 15 is 0 Å². The van der Waals surface area contributed by atoms with Crippen molar-refractivity contribution in [3.05, 3.63) is 58.7 Å². The molecule has 2 aromatic rings. The number of nitrogens with zero attached hydrogens (tertiary/aromatic N) is 2. The Bertz CT molecular complexity index is 1160. The van der Waals surface area contributed by atoms with Gasteiger partial charge < -0.3 is 20.5 Å². The normalized spacial score (nSPS) is 22.4. The number of amides is 2. The van der Waals surface area contributed by atoms with E-state index in [0.717, 1.165) is 42.6 Å². The molecule has 8 nitrogen and oxygen atoms in total. The van der Waals surface area contributed by atoms with Crippen molar-refractivity contribution in [3.63, 3.8) is 0 Å². The van der Waals surface area contributed by atoms with Crippen LogP contribution in [0.1, 0.15) is 72.1 Å². The van der Waals surface area contributed by atoms with Crippen LogP contribution in [0, 0.1) is 0 Å². The fourth-order valence-corrected chi connectivity index (χ4v) is 5.09. The Hall–Kier alpha value is -3.55. The molecule has 0 aliphatic carbocycles. The maximum absolute atomic E-state index is 13.3. The molecule has 8 heteroatoms. The zero-order valence-corrected chi connectivity index (χ0v) is 20.1. The number of benzene rings is 2.